The average molecular weight is 621 g/mol. The second kappa shape index (κ2) is 38.8. The summed E-state index contributed by atoms with van der Waals surface area (Å²) in [5.41, 5.74) is 0. The third kappa shape index (κ3) is 107. The Morgan fingerprint density at radius 2 is 0.385 bits per heavy atom. The van der Waals surface area contributed by atoms with Gasteiger partial charge in [-0.3, -0.25) is 0 Å². The van der Waals surface area contributed by atoms with Crippen molar-refractivity contribution in [3.05, 3.63) is 0 Å². The Morgan fingerprint density at radius 1 is 0.346 bits per heavy atom. The molecule has 0 atom stereocenters. The number of alkyl halides is 10. The van der Waals surface area contributed by atoms with Crippen LogP contribution in [-0.4, -0.2) is 57.2 Å². The fourth-order valence-electron chi connectivity index (χ4n) is 0. The molecule has 16 heteroatoms. The Hall–Kier alpha value is 3.28. The summed E-state index contributed by atoms with van der Waals surface area (Å²) < 4.78 is 0. The van der Waals surface area contributed by atoms with Crippen LogP contribution in [0, 0.1) is 0 Å². The molecule has 0 aliphatic carbocycles. The van der Waals surface area contributed by atoms with Crippen molar-refractivity contribution in [3.63, 3.8) is 0 Å². The molecule has 1 radical (unpaired) electrons. The minimum absolute atomic E-state index is 0. The third-order valence-corrected chi connectivity index (χ3v) is 1.89. The molecule has 0 amide bonds. The van der Waals surface area contributed by atoms with Crippen molar-refractivity contribution in [1.29, 1.82) is 0 Å². The van der Waals surface area contributed by atoms with E-state index in [2.05, 4.69) is 0 Å². The van der Waals surface area contributed by atoms with Gasteiger partial charge in [0.2, 0.25) is 0 Å². The third-order valence-electron chi connectivity index (χ3n) is 0.630. The molecule has 0 N–H and O–H groups in total. The predicted octanol–water partition coefficient (Wildman–Crippen LogP) is 0.750. The molecule has 0 aliphatic heterocycles. The van der Waals surface area contributed by atoms with E-state index >= 15 is 0 Å². The van der Waals surface area contributed by atoms with E-state index < -0.39 is 57.2 Å². The molecule has 0 bridgehead atoms. The Labute approximate surface area is 215 Å². The van der Waals surface area contributed by atoms with Crippen LogP contribution in [0.1, 0.15) is 0 Å². The van der Waals surface area contributed by atoms with Crippen molar-refractivity contribution >= 4 is 116 Å². The molecule has 0 saturated carbocycles. The van der Waals surface area contributed by atoms with E-state index in [0.29, 0.717) is 0 Å². The maximum atomic E-state index is 9.37. The van der Waals surface area contributed by atoms with E-state index in [1.54, 1.807) is 0 Å². The SMILES string of the molecule is [O-]CC(Cl)Cl.[O-]CC(Cl)Cl.[O-]CC(Cl)Cl.[O-]CC(Cl)Cl.[O-]CC(Cl)Cl.[V]. The molecule has 0 saturated heterocycles. The number of rotatable bonds is 5. The van der Waals surface area contributed by atoms with Gasteiger partial charge in [0.15, 0.2) is 0 Å². The van der Waals surface area contributed by atoms with Gasteiger partial charge < -0.3 is 25.5 Å². The zero-order valence-corrected chi connectivity index (χ0v) is 21.6. The average Bonchev–Trinajstić information content (AvgIpc) is 2.56. The molecule has 0 aromatic rings. The maximum absolute atomic E-state index is 9.37. The molecule has 26 heavy (non-hydrogen) atoms. The topological polar surface area (TPSA) is 115 Å². The largest absolute Gasteiger partial charge is 0.853 e. The van der Waals surface area contributed by atoms with Gasteiger partial charge in [0.05, 0.1) is 24.2 Å². The van der Waals surface area contributed by atoms with Crippen LogP contribution in [0.5, 0.6) is 0 Å². The molecule has 0 unspecified atom stereocenters. The molecule has 5 nitrogen and oxygen atoms in total. The standard InChI is InChI=1S/5C2H3Cl2O.V/c5*3-2(4)1-5;/h5*2H,1H2;/q5*-1;. The van der Waals surface area contributed by atoms with Gasteiger partial charge in [-0.15, -0.1) is 149 Å². The first-order valence-electron chi connectivity index (χ1n) is 5.67. The quantitative estimate of drug-likeness (QED) is 0.421. The van der Waals surface area contributed by atoms with E-state index in [-0.39, 0.29) is 18.6 Å². The van der Waals surface area contributed by atoms with Crippen LogP contribution in [0.3, 0.4) is 0 Å². The molecule has 165 valence electrons. The normalized spacial score (nSPS) is 9.23. The van der Waals surface area contributed by atoms with Crippen molar-refractivity contribution in [2.75, 3.05) is 33.0 Å². The second-order valence-corrected chi connectivity index (χ2v) is 9.17. The van der Waals surface area contributed by atoms with E-state index in [4.69, 9.17) is 116 Å². The molecule has 0 aromatic carbocycles. The monoisotopic (exact) mass is 616 g/mol. The zero-order chi connectivity index (χ0) is 21.4. The van der Waals surface area contributed by atoms with Gasteiger partial charge in [-0.25, -0.2) is 0 Å². The summed E-state index contributed by atoms with van der Waals surface area (Å²) in [6, 6.07) is 0. The van der Waals surface area contributed by atoms with Gasteiger partial charge in [0, 0.05) is 18.6 Å². The molecule has 0 aromatic heterocycles. The van der Waals surface area contributed by atoms with Gasteiger partial charge in [0.25, 0.3) is 0 Å². The van der Waals surface area contributed by atoms with Crippen molar-refractivity contribution < 1.29 is 44.1 Å². The minimum atomic E-state index is -0.727. The summed E-state index contributed by atoms with van der Waals surface area (Å²) in [4.78, 5) is -3.63. The number of hydrogen-bond donors (Lipinski definition) is 0. The summed E-state index contributed by atoms with van der Waals surface area (Å²) >= 11 is 49.2. The van der Waals surface area contributed by atoms with E-state index in [0.717, 1.165) is 0 Å². The Balaban J connectivity index is -0.0000000476. The number of hydrogen-bond acceptors (Lipinski definition) is 5. The van der Waals surface area contributed by atoms with Crippen LogP contribution in [0.25, 0.3) is 0 Å². The van der Waals surface area contributed by atoms with E-state index in [1.165, 1.54) is 0 Å². The first-order valence-corrected chi connectivity index (χ1v) is 10.0. The van der Waals surface area contributed by atoms with Crippen LogP contribution in [0.15, 0.2) is 0 Å². The molecule has 0 spiro atoms. The molecule has 0 heterocycles. The Kier molecular flexibility index (Phi) is 64.5. The van der Waals surface area contributed by atoms with Crippen LogP contribution >= 0.6 is 116 Å². The molecule has 0 rings (SSSR count). The number of halogens is 10. The zero-order valence-electron chi connectivity index (χ0n) is 12.7. The Morgan fingerprint density at radius 3 is 0.385 bits per heavy atom. The van der Waals surface area contributed by atoms with Crippen LogP contribution in [0.4, 0.5) is 0 Å². The minimum Gasteiger partial charge on any atom is -0.853 e. The fraction of sp³-hybridized carbons (Fsp3) is 1.00. The molecule has 0 fully saturated rings. The smallest absolute Gasteiger partial charge is 0.0922 e. The second-order valence-electron chi connectivity index (χ2n) is 2.79. The van der Waals surface area contributed by atoms with Crippen molar-refractivity contribution in [1.82, 2.24) is 0 Å². The fourth-order valence-corrected chi connectivity index (χ4v) is 0. The van der Waals surface area contributed by atoms with Crippen molar-refractivity contribution in [2.45, 2.75) is 24.2 Å². The molecular formula is C10H15Cl10O5V-5. The summed E-state index contributed by atoms with van der Waals surface area (Å²) in [5.74, 6) is 0. The first-order chi connectivity index (χ1) is 11.4. The molecular weight excluding hydrogens is 606 g/mol. The van der Waals surface area contributed by atoms with E-state index in [1.807, 2.05) is 0 Å². The van der Waals surface area contributed by atoms with Crippen molar-refractivity contribution in [2.24, 2.45) is 0 Å². The van der Waals surface area contributed by atoms with Gasteiger partial charge in [-0.1, -0.05) is 0 Å². The van der Waals surface area contributed by atoms with Crippen LogP contribution in [0.2, 0.25) is 0 Å². The van der Waals surface area contributed by atoms with Crippen molar-refractivity contribution in [3.8, 4) is 0 Å². The van der Waals surface area contributed by atoms with Gasteiger partial charge in [0.1, 0.15) is 0 Å². The summed E-state index contributed by atoms with van der Waals surface area (Å²) in [7, 11) is 0. The van der Waals surface area contributed by atoms with Gasteiger partial charge in [-0.2, -0.15) is 0 Å². The summed E-state index contributed by atoms with van der Waals surface area (Å²) in [6.07, 6.45) is 0. The Bertz CT molecular complexity index is 161. The predicted molar refractivity (Wildman–Crippen MR) is 102 cm³/mol. The molecule has 0 aliphatic rings. The van der Waals surface area contributed by atoms with Crippen LogP contribution < -0.4 is 25.5 Å². The first kappa shape index (κ1) is 43.2. The maximum Gasteiger partial charge on any atom is 0.0922 e. The van der Waals surface area contributed by atoms with E-state index in [9.17, 15) is 25.5 Å². The van der Waals surface area contributed by atoms with Gasteiger partial charge >= 0.3 is 0 Å². The summed E-state index contributed by atoms with van der Waals surface area (Å²) in [5, 5.41) is 46.8. The summed E-state index contributed by atoms with van der Waals surface area (Å²) in [6.45, 7) is -2.07. The van der Waals surface area contributed by atoms with Crippen LogP contribution in [-0.2, 0) is 18.6 Å². The van der Waals surface area contributed by atoms with Gasteiger partial charge in [-0.05, 0) is 0 Å².